The van der Waals surface area contributed by atoms with Crippen molar-refractivity contribution in [3.8, 4) is 5.75 Å². The highest BCUT2D eigenvalue weighted by Gasteiger charge is 2.19. The minimum Gasteiger partial charge on any atom is -0.485 e. The van der Waals surface area contributed by atoms with Crippen LogP contribution in [0.2, 0.25) is 0 Å². The second kappa shape index (κ2) is 9.78. The average Bonchev–Trinajstić information content (AvgIpc) is 3.31. The van der Waals surface area contributed by atoms with Crippen molar-refractivity contribution in [3.05, 3.63) is 47.8 Å². The number of rotatable bonds is 9. The first-order valence-corrected chi connectivity index (χ1v) is 10.7. The molecule has 3 rings (SSSR count). The van der Waals surface area contributed by atoms with Crippen LogP contribution >= 0.6 is 11.8 Å². The monoisotopic (exact) mass is 400 g/mol. The molecule has 0 aliphatic heterocycles. The van der Waals surface area contributed by atoms with E-state index in [0.717, 1.165) is 35.5 Å². The van der Waals surface area contributed by atoms with Gasteiger partial charge in [-0.1, -0.05) is 42.8 Å². The van der Waals surface area contributed by atoms with Gasteiger partial charge in [-0.15, -0.1) is 16.8 Å². The number of carbonyl (C=O) groups excluding carboxylic acids is 1. The molecule has 1 amide bonds. The third-order valence-corrected chi connectivity index (χ3v) is 5.82. The first kappa shape index (κ1) is 20.5. The van der Waals surface area contributed by atoms with E-state index in [0.29, 0.717) is 30.1 Å². The predicted molar refractivity (Wildman–Crippen MR) is 112 cm³/mol. The molecule has 0 unspecified atom stereocenters. The van der Waals surface area contributed by atoms with E-state index in [4.69, 9.17) is 4.74 Å². The van der Waals surface area contributed by atoms with Gasteiger partial charge in [0.2, 0.25) is 5.91 Å². The molecule has 0 radical (unpaired) electrons. The van der Waals surface area contributed by atoms with Crippen molar-refractivity contribution in [2.45, 2.75) is 63.9 Å². The zero-order chi connectivity index (χ0) is 19.9. The number of aromatic nitrogens is 3. The number of carbonyl (C=O) groups is 1. The van der Waals surface area contributed by atoms with Crippen LogP contribution in [0.5, 0.6) is 5.75 Å². The molecule has 1 aromatic heterocycles. The quantitative estimate of drug-likeness (QED) is 0.512. The lowest BCUT2D eigenvalue weighted by atomic mass is 10.1. The second-order valence-corrected chi connectivity index (χ2v) is 8.14. The highest BCUT2D eigenvalue weighted by Crippen LogP contribution is 2.22. The van der Waals surface area contributed by atoms with E-state index in [2.05, 4.69) is 28.2 Å². The third-order valence-electron chi connectivity index (χ3n) is 4.86. The Bertz CT molecular complexity index is 828. The van der Waals surface area contributed by atoms with Gasteiger partial charge in [0.05, 0.1) is 5.75 Å². The summed E-state index contributed by atoms with van der Waals surface area (Å²) in [5.41, 5.74) is 2.23. The van der Waals surface area contributed by atoms with Gasteiger partial charge in [0.1, 0.15) is 12.4 Å². The molecule has 0 bridgehead atoms. The molecule has 1 aromatic carbocycles. The molecule has 1 saturated carbocycles. The number of benzene rings is 1. The van der Waals surface area contributed by atoms with E-state index >= 15 is 0 Å². The van der Waals surface area contributed by atoms with E-state index in [9.17, 15) is 4.79 Å². The Hall–Kier alpha value is -2.28. The van der Waals surface area contributed by atoms with Gasteiger partial charge < -0.3 is 10.1 Å². The highest BCUT2D eigenvalue weighted by atomic mass is 32.2. The lowest BCUT2D eigenvalue weighted by Crippen LogP contribution is -2.33. The number of nitrogens with one attached hydrogen (secondary N) is 1. The number of amides is 1. The molecule has 1 fully saturated rings. The number of aryl methyl sites for hydroxylation is 2. The van der Waals surface area contributed by atoms with E-state index in [1.54, 1.807) is 6.08 Å². The summed E-state index contributed by atoms with van der Waals surface area (Å²) in [6.45, 7) is 8.77. The number of nitrogens with zero attached hydrogens (tertiary/aromatic N) is 3. The van der Waals surface area contributed by atoms with Crippen LogP contribution in [0.25, 0.3) is 0 Å². The molecule has 0 atom stereocenters. The average molecular weight is 401 g/mol. The van der Waals surface area contributed by atoms with Gasteiger partial charge in [-0.3, -0.25) is 9.36 Å². The van der Waals surface area contributed by atoms with Gasteiger partial charge >= 0.3 is 0 Å². The fraction of sp³-hybridized carbons (Fsp3) is 0.476. The lowest BCUT2D eigenvalue weighted by Gasteiger charge is -2.12. The zero-order valence-corrected chi connectivity index (χ0v) is 17.4. The largest absolute Gasteiger partial charge is 0.485 e. The van der Waals surface area contributed by atoms with Gasteiger partial charge in [0.25, 0.3) is 0 Å². The van der Waals surface area contributed by atoms with Crippen LogP contribution in [0.15, 0.2) is 36.0 Å². The number of ether oxygens (including phenoxy) is 1. The molecule has 1 aliphatic rings. The first-order valence-electron chi connectivity index (χ1n) is 9.72. The maximum atomic E-state index is 12.2. The molecule has 1 N–H and O–H groups in total. The van der Waals surface area contributed by atoms with Gasteiger partial charge in [-0.05, 0) is 43.9 Å². The van der Waals surface area contributed by atoms with Crippen molar-refractivity contribution in [1.82, 2.24) is 20.1 Å². The summed E-state index contributed by atoms with van der Waals surface area (Å²) >= 11 is 1.40. The Morgan fingerprint density at radius 3 is 2.89 bits per heavy atom. The Morgan fingerprint density at radius 2 is 2.14 bits per heavy atom. The van der Waals surface area contributed by atoms with Crippen molar-refractivity contribution in [3.63, 3.8) is 0 Å². The van der Waals surface area contributed by atoms with Gasteiger partial charge in [-0.25, -0.2) is 0 Å². The minimum absolute atomic E-state index is 0.0539. The van der Waals surface area contributed by atoms with Crippen LogP contribution in [0, 0.1) is 13.8 Å². The topological polar surface area (TPSA) is 69.0 Å². The van der Waals surface area contributed by atoms with Crippen molar-refractivity contribution < 1.29 is 9.53 Å². The number of hydrogen-bond acceptors (Lipinski definition) is 5. The molecule has 0 spiro atoms. The van der Waals surface area contributed by atoms with Crippen LogP contribution in [-0.4, -0.2) is 32.5 Å². The molecule has 1 aliphatic carbocycles. The van der Waals surface area contributed by atoms with Crippen LogP contribution in [0.1, 0.15) is 42.6 Å². The number of allylic oxidation sites excluding steroid dienone is 1. The molecule has 28 heavy (non-hydrogen) atoms. The highest BCUT2D eigenvalue weighted by molar-refractivity contribution is 7.99. The summed E-state index contributed by atoms with van der Waals surface area (Å²) in [4.78, 5) is 12.2. The fourth-order valence-electron chi connectivity index (χ4n) is 3.32. The van der Waals surface area contributed by atoms with Gasteiger partial charge in [0, 0.05) is 12.6 Å². The molecular weight excluding hydrogens is 372 g/mol. The summed E-state index contributed by atoms with van der Waals surface area (Å²) < 4.78 is 7.92. The molecule has 2 aromatic rings. The van der Waals surface area contributed by atoms with Crippen molar-refractivity contribution in [2.75, 3.05) is 5.75 Å². The molecule has 1 heterocycles. The normalized spacial score (nSPS) is 14.2. The minimum atomic E-state index is 0.0539. The Morgan fingerprint density at radius 1 is 1.36 bits per heavy atom. The van der Waals surface area contributed by atoms with Gasteiger partial charge in [0.15, 0.2) is 11.0 Å². The Balaban J connectivity index is 1.61. The molecular formula is C21H28N4O2S. The predicted octanol–water partition coefficient (Wildman–Crippen LogP) is 3.81. The first-order chi connectivity index (χ1) is 13.6. The molecule has 6 nitrogen and oxygen atoms in total. The zero-order valence-electron chi connectivity index (χ0n) is 16.6. The summed E-state index contributed by atoms with van der Waals surface area (Å²) in [5, 5.41) is 12.3. The second-order valence-electron chi connectivity index (χ2n) is 7.19. The lowest BCUT2D eigenvalue weighted by molar-refractivity contribution is -0.119. The van der Waals surface area contributed by atoms with Crippen LogP contribution in [0.3, 0.4) is 0 Å². The third kappa shape index (κ3) is 5.38. The summed E-state index contributed by atoms with van der Waals surface area (Å²) in [5.74, 6) is 1.96. The van der Waals surface area contributed by atoms with Crippen molar-refractivity contribution >= 4 is 17.7 Å². The van der Waals surface area contributed by atoms with E-state index < -0.39 is 0 Å². The van der Waals surface area contributed by atoms with E-state index in [-0.39, 0.29) is 5.91 Å². The molecule has 150 valence electrons. The van der Waals surface area contributed by atoms with E-state index in [1.165, 1.54) is 24.6 Å². The standard InChI is InChI=1S/C21H28N4O2S/c1-4-11-25-19(13-27-18-12-15(2)9-10-16(18)3)23-24-21(25)28-14-20(26)22-17-7-5-6-8-17/h4,9-10,12,17H,1,5-8,11,13-14H2,2-3H3,(H,22,26). The Kier molecular flexibility index (Phi) is 7.14. The smallest absolute Gasteiger partial charge is 0.230 e. The number of thioether (sulfide) groups is 1. The van der Waals surface area contributed by atoms with Crippen LogP contribution < -0.4 is 10.1 Å². The van der Waals surface area contributed by atoms with Crippen molar-refractivity contribution in [2.24, 2.45) is 0 Å². The van der Waals surface area contributed by atoms with Crippen LogP contribution in [-0.2, 0) is 17.9 Å². The van der Waals surface area contributed by atoms with Gasteiger partial charge in [-0.2, -0.15) is 0 Å². The van der Waals surface area contributed by atoms with Crippen molar-refractivity contribution in [1.29, 1.82) is 0 Å². The Labute approximate surface area is 170 Å². The fourth-order valence-corrected chi connectivity index (χ4v) is 4.10. The number of hydrogen-bond donors (Lipinski definition) is 1. The summed E-state index contributed by atoms with van der Waals surface area (Å²) in [7, 11) is 0. The summed E-state index contributed by atoms with van der Waals surface area (Å²) in [6, 6.07) is 6.46. The maximum absolute atomic E-state index is 12.2. The van der Waals surface area contributed by atoms with E-state index in [1.807, 2.05) is 30.5 Å². The SMILES string of the molecule is C=CCn1c(COc2cc(C)ccc2C)nnc1SCC(=O)NC1CCCC1. The molecule has 7 heteroatoms. The summed E-state index contributed by atoms with van der Waals surface area (Å²) in [6.07, 6.45) is 6.38. The maximum Gasteiger partial charge on any atom is 0.230 e. The molecule has 0 saturated heterocycles. The van der Waals surface area contributed by atoms with Crippen LogP contribution in [0.4, 0.5) is 0 Å².